The summed E-state index contributed by atoms with van der Waals surface area (Å²) >= 11 is 1.69. The maximum Gasteiger partial charge on any atom is 0.152 e. The maximum absolute atomic E-state index is 11.9. The summed E-state index contributed by atoms with van der Waals surface area (Å²) in [6.45, 7) is 8.91. The first kappa shape index (κ1) is 19.3. The predicted octanol–water partition coefficient (Wildman–Crippen LogP) is 3.12. The number of aryl methyl sites for hydroxylation is 3. The van der Waals surface area contributed by atoms with Gasteiger partial charge in [-0.3, -0.25) is 4.68 Å². The minimum Gasteiger partial charge on any atom is -0.355 e. The van der Waals surface area contributed by atoms with Gasteiger partial charge in [0.25, 0.3) is 0 Å². The summed E-state index contributed by atoms with van der Waals surface area (Å²) < 4.78 is 25.7. The lowest BCUT2D eigenvalue weighted by Gasteiger charge is -2.20. The lowest BCUT2D eigenvalue weighted by molar-refractivity contribution is 0.485. The lowest BCUT2D eigenvalue weighted by atomic mass is 10.1. The van der Waals surface area contributed by atoms with Gasteiger partial charge in [-0.05, 0) is 39.7 Å². The Kier molecular flexibility index (Phi) is 4.70. The third kappa shape index (κ3) is 3.20. The largest absolute Gasteiger partial charge is 0.355 e. The first-order valence-corrected chi connectivity index (χ1v) is 12.0. The van der Waals surface area contributed by atoms with E-state index in [0.717, 1.165) is 33.0 Å². The van der Waals surface area contributed by atoms with Crippen LogP contribution >= 0.6 is 11.3 Å². The van der Waals surface area contributed by atoms with Crippen molar-refractivity contribution in [3.63, 3.8) is 0 Å². The normalized spacial score (nSPS) is 18.8. The molecule has 4 rings (SSSR count). The molecular formula is C19H25N5O2S2. The van der Waals surface area contributed by atoms with E-state index in [1.165, 1.54) is 10.4 Å². The second-order valence-electron chi connectivity index (χ2n) is 7.67. The maximum atomic E-state index is 11.9. The third-order valence-electron chi connectivity index (χ3n) is 5.73. The van der Waals surface area contributed by atoms with Crippen LogP contribution in [0.2, 0.25) is 0 Å². The van der Waals surface area contributed by atoms with Gasteiger partial charge in [-0.25, -0.2) is 18.4 Å². The quantitative estimate of drug-likeness (QED) is 0.646. The Morgan fingerprint density at radius 2 is 2.00 bits per heavy atom. The van der Waals surface area contributed by atoms with Crippen molar-refractivity contribution >= 4 is 37.2 Å². The van der Waals surface area contributed by atoms with E-state index < -0.39 is 9.84 Å². The molecule has 3 aromatic rings. The van der Waals surface area contributed by atoms with Crippen LogP contribution in [0, 0.1) is 27.7 Å². The Balaban J connectivity index is 1.67. The molecule has 1 aliphatic rings. The van der Waals surface area contributed by atoms with E-state index in [1.54, 1.807) is 17.7 Å². The molecule has 0 aliphatic carbocycles. The predicted molar refractivity (Wildman–Crippen MR) is 113 cm³/mol. The molecule has 1 fully saturated rings. The van der Waals surface area contributed by atoms with Gasteiger partial charge < -0.3 is 4.90 Å². The number of fused-ring (bicyclic) bond motifs is 1. The number of thiophene rings is 1. The van der Waals surface area contributed by atoms with E-state index >= 15 is 0 Å². The van der Waals surface area contributed by atoms with Crippen molar-refractivity contribution in [1.29, 1.82) is 0 Å². The summed E-state index contributed by atoms with van der Waals surface area (Å²) in [6.07, 6.45) is 2.26. The molecule has 0 radical (unpaired) electrons. The zero-order valence-corrected chi connectivity index (χ0v) is 18.5. The highest BCUT2D eigenvalue weighted by atomic mass is 32.2. The molecule has 0 unspecified atom stereocenters. The van der Waals surface area contributed by atoms with Gasteiger partial charge in [-0.2, -0.15) is 5.10 Å². The van der Waals surface area contributed by atoms with Gasteiger partial charge in [0.2, 0.25) is 0 Å². The molecule has 4 heterocycles. The van der Waals surface area contributed by atoms with E-state index in [1.807, 2.05) is 25.6 Å². The Bertz CT molecular complexity index is 1160. The Morgan fingerprint density at radius 3 is 2.68 bits per heavy atom. The zero-order valence-electron chi connectivity index (χ0n) is 16.9. The highest BCUT2D eigenvalue weighted by molar-refractivity contribution is 7.91. The van der Waals surface area contributed by atoms with Crippen molar-refractivity contribution in [2.24, 2.45) is 0 Å². The molecule has 1 saturated heterocycles. The van der Waals surface area contributed by atoms with Crippen molar-refractivity contribution in [3.05, 3.63) is 33.7 Å². The number of rotatable bonds is 4. The van der Waals surface area contributed by atoms with Gasteiger partial charge in [0.15, 0.2) is 9.84 Å². The standard InChI is InChI=1S/C19H25N5O2S2/c1-11-14(4)27-19-17(11)18(20-10-21-19)23(5)8-16-12(2)22-24(13(16)3)15-6-7-28(25,26)9-15/h10,15H,6-9H2,1-5H3/t15-/m1/s1. The minimum absolute atomic E-state index is 0.0599. The van der Waals surface area contributed by atoms with Crippen LogP contribution in [-0.4, -0.2) is 46.7 Å². The summed E-state index contributed by atoms with van der Waals surface area (Å²) in [5.74, 6) is 1.35. The number of hydrogen-bond acceptors (Lipinski definition) is 7. The smallest absolute Gasteiger partial charge is 0.152 e. The van der Waals surface area contributed by atoms with Crippen molar-refractivity contribution < 1.29 is 8.42 Å². The van der Waals surface area contributed by atoms with Gasteiger partial charge in [0.1, 0.15) is 17.0 Å². The van der Waals surface area contributed by atoms with E-state index in [0.29, 0.717) is 13.0 Å². The average molecular weight is 420 g/mol. The summed E-state index contributed by atoms with van der Waals surface area (Å²) in [6, 6.07) is -0.0599. The van der Waals surface area contributed by atoms with Gasteiger partial charge in [0.05, 0.1) is 28.6 Å². The molecule has 0 bridgehead atoms. The van der Waals surface area contributed by atoms with Gasteiger partial charge in [0, 0.05) is 29.7 Å². The second kappa shape index (κ2) is 6.81. The molecule has 28 heavy (non-hydrogen) atoms. The Hall–Kier alpha value is -2.00. The molecule has 0 amide bonds. The van der Waals surface area contributed by atoms with Crippen LogP contribution in [0.4, 0.5) is 5.82 Å². The van der Waals surface area contributed by atoms with Gasteiger partial charge >= 0.3 is 0 Å². The van der Waals surface area contributed by atoms with E-state index in [4.69, 9.17) is 0 Å². The Labute approximate surface area is 169 Å². The highest BCUT2D eigenvalue weighted by Crippen LogP contribution is 2.35. The average Bonchev–Trinajstić information content (AvgIpc) is 3.24. The van der Waals surface area contributed by atoms with Crippen LogP contribution < -0.4 is 4.90 Å². The summed E-state index contributed by atoms with van der Waals surface area (Å²) in [7, 11) is -0.912. The number of sulfone groups is 1. The minimum atomic E-state index is -2.94. The first-order chi connectivity index (χ1) is 13.2. The van der Waals surface area contributed by atoms with E-state index in [-0.39, 0.29) is 17.5 Å². The molecule has 0 spiro atoms. The lowest BCUT2D eigenvalue weighted by Crippen LogP contribution is -2.19. The molecule has 9 heteroatoms. The van der Waals surface area contributed by atoms with Crippen molar-refractivity contribution in [1.82, 2.24) is 19.7 Å². The van der Waals surface area contributed by atoms with Crippen LogP contribution in [-0.2, 0) is 16.4 Å². The van der Waals surface area contributed by atoms with Crippen molar-refractivity contribution in [2.75, 3.05) is 23.5 Å². The molecular weight excluding hydrogens is 394 g/mol. The number of aromatic nitrogens is 4. The van der Waals surface area contributed by atoms with Crippen LogP contribution in [0.25, 0.3) is 10.2 Å². The van der Waals surface area contributed by atoms with Crippen LogP contribution in [0.5, 0.6) is 0 Å². The van der Waals surface area contributed by atoms with Gasteiger partial charge in [-0.15, -0.1) is 11.3 Å². The first-order valence-electron chi connectivity index (χ1n) is 9.35. The Morgan fingerprint density at radius 1 is 1.25 bits per heavy atom. The SMILES string of the molecule is Cc1nn([C@@H]2CCS(=O)(=O)C2)c(C)c1CN(C)c1ncnc2sc(C)c(C)c12. The third-order valence-corrected chi connectivity index (χ3v) is 8.60. The van der Waals surface area contributed by atoms with Crippen LogP contribution in [0.3, 0.4) is 0 Å². The molecule has 0 aromatic carbocycles. The molecule has 0 saturated carbocycles. The van der Waals surface area contributed by atoms with Crippen molar-refractivity contribution in [3.8, 4) is 0 Å². The van der Waals surface area contributed by atoms with E-state index in [9.17, 15) is 8.42 Å². The fourth-order valence-electron chi connectivity index (χ4n) is 4.01. The highest BCUT2D eigenvalue weighted by Gasteiger charge is 2.31. The zero-order chi connectivity index (χ0) is 20.2. The molecule has 0 N–H and O–H groups in total. The van der Waals surface area contributed by atoms with E-state index in [2.05, 4.69) is 33.8 Å². The van der Waals surface area contributed by atoms with Gasteiger partial charge in [-0.1, -0.05) is 0 Å². The number of nitrogens with zero attached hydrogens (tertiary/aromatic N) is 5. The van der Waals surface area contributed by atoms with Crippen molar-refractivity contribution in [2.45, 2.75) is 46.7 Å². The number of anilines is 1. The molecule has 150 valence electrons. The van der Waals surface area contributed by atoms with Crippen LogP contribution in [0.15, 0.2) is 6.33 Å². The molecule has 1 atom stereocenters. The summed E-state index contributed by atoms with van der Waals surface area (Å²) in [5, 5.41) is 5.79. The molecule has 3 aromatic heterocycles. The topological polar surface area (TPSA) is 81.0 Å². The summed E-state index contributed by atoms with van der Waals surface area (Å²) in [5.41, 5.74) is 4.33. The monoisotopic (exact) mass is 419 g/mol. The fraction of sp³-hybridized carbons (Fsp3) is 0.526. The fourth-order valence-corrected chi connectivity index (χ4v) is 6.70. The van der Waals surface area contributed by atoms with Crippen LogP contribution in [0.1, 0.15) is 39.9 Å². The molecule has 1 aliphatic heterocycles. The number of hydrogen-bond donors (Lipinski definition) is 0. The summed E-state index contributed by atoms with van der Waals surface area (Å²) in [4.78, 5) is 13.4. The second-order valence-corrected chi connectivity index (χ2v) is 11.1. The molecule has 7 nitrogen and oxygen atoms in total.